The Kier molecular flexibility index (Phi) is 9.96. The fraction of sp³-hybridized carbons (Fsp3) is 0.438. The monoisotopic (exact) mass is 703 g/mol. The summed E-state index contributed by atoms with van der Waals surface area (Å²) in [5, 5.41) is 32.0. The first kappa shape index (κ1) is 34.7. The predicted molar refractivity (Wildman–Crippen MR) is 158 cm³/mol. The summed E-state index contributed by atoms with van der Waals surface area (Å²) in [4.78, 5) is 27.6. The number of aromatic hydroxyl groups is 1. The van der Waals surface area contributed by atoms with E-state index in [1.807, 2.05) is 0 Å². The van der Waals surface area contributed by atoms with Crippen LogP contribution in [0.4, 0.5) is 32.0 Å². The molecule has 1 aliphatic heterocycles. The van der Waals surface area contributed by atoms with E-state index in [-0.39, 0.29) is 30.6 Å². The highest BCUT2D eigenvalue weighted by Crippen LogP contribution is 2.50. The Morgan fingerprint density at radius 2 is 1.62 bits per heavy atom. The number of aliphatic hydroxyl groups excluding tert-OH is 2. The number of rotatable bonds is 8. The highest BCUT2D eigenvalue weighted by atomic mass is 79.9. The minimum Gasteiger partial charge on any atom is -0.507 e. The van der Waals surface area contributed by atoms with E-state index < -0.39 is 71.4 Å². The van der Waals surface area contributed by atoms with Crippen LogP contribution in [0.15, 0.2) is 57.6 Å². The lowest BCUT2D eigenvalue weighted by Gasteiger charge is -2.38. The summed E-state index contributed by atoms with van der Waals surface area (Å²) in [5.74, 6) is -5.74. The number of aliphatic hydroxyl groups is 2. The Labute approximate surface area is 264 Å². The Balaban J connectivity index is 1.68. The summed E-state index contributed by atoms with van der Waals surface area (Å²) in [5.41, 5.74) is -1.91. The Morgan fingerprint density at radius 3 is 2.16 bits per heavy atom. The van der Waals surface area contributed by atoms with Gasteiger partial charge in [-0.1, -0.05) is 47.0 Å². The van der Waals surface area contributed by atoms with Gasteiger partial charge in [-0.05, 0) is 74.1 Å². The van der Waals surface area contributed by atoms with E-state index >= 15 is 0 Å². The van der Waals surface area contributed by atoms with Gasteiger partial charge in [-0.3, -0.25) is 9.59 Å². The lowest BCUT2D eigenvalue weighted by atomic mass is 9.66. The average molecular weight is 705 g/mol. The standard InChI is InChI=1S/C32H32BrF6NO5/c1-15(2)22-13-23-28(24(14-41)27(22)26(43)6-4-16(3)8-17-9-20(33)5-7-25(17)42)30(45)40(29(23)44)21-11-18(31(34,35)36)10-19(12-21)32(37,38)39/h5,7-12,15,23-24,26,28,41-43H,4,6,13-14H2,1-3H3/b16-8+/t23-,24+,26-,28-/m1/s1. The maximum atomic E-state index is 13.7. The van der Waals surface area contributed by atoms with Gasteiger partial charge in [-0.25, -0.2) is 4.90 Å². The molecule has 0 unspecified atom stereocenters. The summed E-state index contributed by atoms with van der Waals surface area (Å²) in [7, 11) is 0. The number of amides is 2. The molecule has 13 heteroatoms. The van der Waals surface area contributed by atoms with Crippen molar-refractivity contribution in [3.8, 4) is 5.75 Å². The highest BCUT2D eigenvalue weighted by molar-refractivity contribution is 9.10. The summed E-state index contributed by atoms with van der Waals surface area (Å²) in [6.07, 6.45) is -9.38. The third-order valence-corrected chi connectivity index (χ3v) is 8.90. The van der Waals surface area contributed by atoms with Crippen LogP contribution in [0.25, 0.3) is 6.08 Å². The van der Waals surface area contributed by atoms with Crippen LogP contribution in [0.5, 0.6) is 5.75 Å². The molecular weight excluding hydrogens is 672 g/mol. The van der Waals surface area contributed by atoms with E-state index in [1.165, 1.54) is 6.07 Å². The number of hydrogen-bond acceptors (Lipinski definition) is 5. The van der Waals surface area contributed by atoms with E-state index in [0.29, 0.717) is 40.2 Å². The SMILES string of the molecule is C/C(=C\c1cc(Br)ccc1O)CC[C@@H](O)C1=C(C(C)C)C[C@H]2C(=O)N(c3cc(C(F)(F)F)cc(C(F)(F)F)c3)C(=O)[C@H]2[C@H]1CO. The second-order valence-corrected chi connectivity index (χ2v) is 12.7. The number of phenols is 1. The number of halogens is 7. The van der Waals surface area contributed by atoms with E-state index in [0.717, 1.165) is 10.0 Å². The fourth-order valence-electron chi connectivity index (χ4n) is 6.27. The van der Waals surface area contributed by atoms with Gasteiger partial charge in [0.15, 0.2) is 0 Å². The molecule has 2 amide bonds. The minimum atomic E-state index is -5.19. The summed E-state index contributed by atoms with van der Waals surface area (Å²) in [6.45, 7) is 4.69. The molecule has 1 aliphatic carbocycles. The maximum absolute atomic E-state index is 13.7. The van der Waals surface area contributed by atoms with Crippen molar-refractivity contribution in [3.63, 3.8) is 0 Å². The average Bonchev–Trinajstić information content (AvgIpc) is 3.20. The second-order valence-electron chi connectivity index (χ2n) is 11.8. The molecule has 0 bridgehead atoms. The lowest BCUT2D eigenvalue weighted by molar-refractivity contribution is -0.143. The molecular formula is C32H32BrF6NO5. The first-order valence-corrected chi connectivity index (χ1v) is 15.0. The van der Waals surface area contributed by atoms with E-state index in [1.54, 1.807) is 39.0 Å². The zero-order chi connectivity index (χ0) is 33.6. The molecule has 244 valence electrons. The van der Waals surface area contributed by atoms with Gasteiger partial charge in [-0.2, -0.15) is 26.3 Å². The van der Waals surface area contributed by atoms with Crippen LogP contribution < -0.4 is 4.90 Å². The number of anilines is 1. The van der Waals surface area contributed by atoms with E-state index in [9.17, 15) is 51.3 Å². The number of imide groups is 1. The van der Waals surface area contributed by atoms with Gasteiger partial charge < -0.3 is 15.3 Å². The topological polar surface area (TPSA) is 98.1 Å². The first-order valence-electron chi connectivity index (χ1n) is 14.2. The van der Waals surface area contributed by atoms with Gasteiger partial charge in [0, 0.05) is 16.0 Å². The van der Waals surface area contributed by atoms with Gasteiger partial charge in [0.25, 0.3) is 0 Å². The second kappa shape index (κ2) is 12.9. The molecule has 1 heterocycles. The van der Waals surface area contributed by atoms with Crippen LogP contribution in [0.2, 0.25) is 0 Å². The van der Waals surface area contributed by atoms with Crippen molar-refractivity contribution in [1.82, 2.24) is 0 Å². The van der Waals surface area contributed by atoms with Crippen molar-refractivity contribution in [1.29, 1.82) is 0 Å². The van der Waals surface area contributed by atoms with Crippen molar-refractivity contribution in [2.75, 3.05) is 11.5 Å². The van der Waals surface area contributed by atoms with E-state index in [2.05, 4.69) is 15.9 Å². The number of carbonyl (C=O) groups excluding carboxylic acids is 2. The highest BCUT2D eigenvalue weighted by Gasteiger charge is 2.56. The molecule has 45 heavy (non-hydrogen) atoms. The minimum absolute atomic E-state index is 0.0543. The number of hydrogen-bond donors (Lipinski definition) is 3. The molecule has 2 aromatic carbocycles. The largest absolute Gasteiger partial charge is 0.507 e. The molecule has 0 saturated carbocycles. The van der Waals surface area contributed by atoms with Gasteiger partial charge in [0.2, 0.25) is 11.8 Å². The molecule has 6 nitrogen and oxygen atoms in total. The quantitative estimate of drug-likeness (QED) is 0.150. The number of allylic oxidation sites excluding steroid dienone is 2. The molecule has 1 fully saturated rings. The molecule has 0 spiro atoms. The summed E-state index contributed by atoms with van der Waals surface area (Å²) >= 11 is 3.34. The van der Waals surface area contributed by atoms with Crippen molar-refractivity contribution < 1.29 is 51.3 Å². The number of benzene rings is 2. The molecule has 1 saturated heterocycles. The van der Waals surface area contributed by atoms with Crippen LogP contribution in [0.1, 0.15) is 56.7 Å². The predicted octanol–water partition coefficient (Wildman–Crippen LogP) is 7.51. The molecule has 2 aliphatic rings. The maximum Gasteiger partial charge on any atom is 0.416 e. The zero-order valence-corrected chi connectivity index (χ0v) is 26.1. The number of nitrogens with zero attached hydrogens (tertiary/aromatic N) is 1. The van der Waals surface area contributed by atoms with Crippen molar-refractivity contribution in [2.45, 2.75) is 58.5 Å². The molecule has 0 radical (unpaired) electrons. The smallest absolute Gasteiger partial charge is 0.416 e. The van der Waals surface area contributed by atoms with Crippen molar-refractivity contribution in [2.24, 2.45) is 23.7 Å². The number of alkyl halides is 6. The summed E-state index contributed by atoms with van der Waals surface area (Å²) < 4.78 is 82.1. The Hall–Kier alpha value is -3.16. The molecule has 0 aromatic heterocycles. The fourth-order valence-corrected chi connectivity index (χ4v) is 6.64. The van der Waals surface area contributed by atoms with Gasteiger partial charge in [0.05, 0.1) is 41.4 Å². The molecule has 2 aromatic rings. The van der Waals surface area contributed by atoms with Gasteiger partial charge >= 0.3 is 12.4 Å². The number of phenolic OH excluding ortho intramolecular Hbond substituents is 1. The van der Waals surface area contributed by atoms with Gasteiger partial charge in [0.1, 0.15) is 5.75 Å². The Bertz CT molecular complexity index is 1520. The van der Waals surface area contributed by atoms with E-state index in [4.69, 9.17) is 0 Å². The third-order valence-electron chi connectivity index (χ3n) is 8.41. The number of fused-ring (bicyclic) bond motifs is 1. The number of carbonyl (C=O) groups is 2. The Morgan fingerprint density at radius 1 is 1.02 bits per heavy atom. The lowest BCUT2D eigenvalue weighted by Crippen LogP contribution is -2.40. The van der Waals surface area contributed by atoms with Crippen LogP contribution in [-0.4, -0.2) is 39.8 Å². The summed E-state index contributed by atoms with van der Waals surface area (Å²) in [6, 6.07) is 5.50. The van der Waals surface area contributed by atoms with Gasteiger partial charge in [-0.15, -0.1) is 0 Å². The zero-order valence-electron chi connectivity index (χ0n) is 24.5. The normalized spacial score (nSPS) is 22.0. The van der Waals surface area contributed by atoms with Crippen LogP contribution in [-0.2, 0) is 21.9 Å². The van der Waals surface area contributed by atoms with Crippen LogP contribution in [0, 0.1) is 23.7 Å². The van der Waals surface area contributed by atoms with Crippen molar-refractivity contribution >= 4 is 39.5 Å². The van der Waals surface area contributed by atoms with Crippen LogP contribution in [0.3, 0.4) is 0 Å². The van der Waals surface area contributed by atoms with Crippen LogP contribution >= 0.6 is 15.9 Å². The van der Waals surface area contributed by atoms with Crippen molar-refractivity contribution in [3.05, 3.63) is 74.3 Å². The first-order chi connectivity index (χ1) is 20.8. The third kappa shape index (κ3) is 7.15. The molecule has 3 N–H and O–H groups in total. The molecule has 4 rings (SSSR count). The molecule has 4 atom stereocenters.